The topological polar surface area (TPSA) is 87.8 Å². The standard InChI is InChI=1S/C13H12N4O2S/c1-20-7-12-14-13(19-17-12)11-6-10(15-16-11)8-2-4-9(18)5-3-8/h2-6,18H,7H2,1H3,(H,15,16). The van der Waals surface area contributed by atoms with Crippen LogP contribution in [0.15, 0.2) is 34.9 Å². The van der Waals surface area contributed by atoms with Gasteiger partial charge in [0, 0.05) is 5.56 Å². The van der Waals surface area contributed by atoms with E-state index in [9.17, 15) is 5.11 Å². The predicted molar refractivity (Wildman–Crippen MR) is 76.2 cm³/mol. The van der Waals surface area contributed by atoms with Crippen molar-refractivity contribution in [1.29, 1.82) is 0 Å². The van der Waals surface area contributed by atoms with Gasteiger partial charge < -0.3 is 9.63 Å². The van der Waals surface area contributed by atoms with Gasteiger partial charge in [-0.25, -0.2) is 0 Å². The molecular formula is C13H12N4O2S. The van der Waals surface area contributed by atoms with E-state index < -0.39 is 0 Å². The lowest BCUT2D eigenvalue weighted by Gasteiger charge is -1.95. The first-order valence-corrected chi connectivity index (χ1v) is 7.32. The molecule has 7 heteroatoms. The molecule has 0 fully saturated rings. The van der Waals surface area contributed by atoms with Crippen molar-refractivity contribution >= 4 is 11.8 Å². The summed E-state index contributed by atoms with van der Waals surface area (Å²) in [5.41, 5.74) is 2.33. The van der Waals surface area contributed by atoms with Gasteiger partial charge in [0.25, 0.3) is 5.89 Å². The average molecular weight is 288 g/mol. The highest BCUT2D eigenvalue weighted by Gasteiger charge is 2.12. The smallest absolute Gasteiger partial charge is 0.275 e. The number of thioether (sulfide) groups is 1. The highest BCUT2D eigenvalue weighted by molar-refractivity contribution is 7.97. The number of benzene rings is 1. The van der Waals surface area contributed by atoms with Crippen molar-refractivity contribution in [3.63, 3.8) is 0 Å². The van der Waals surface area contributed by atoms with E-state index in [1.54, 1.807) is 36.0 Å². The van der Waals surface area contributed by atoms with Crippen LogP contribution < -0.4 is 0 Å². The molecule has 0 aliphatic carbocycles. The van der Waals surface area contributed by atoms with Crippen LogP contribution in [0.5, 0.6) is 5.75 Å². The van der Waals surface area contributed by atoms with Gasteiger partial charge in [-0.1, -0.05) is 5.16 Å². The minimum absolute atomic E-state index is 0.225. The Morgan fingerprint density at radius 2 is 2.10 bits per heavy atom. The van der Waals surface area contributed by atoms with Gasteiger partial charge in [0.15, 0.2) is 5.82 Å². The van der Waals surface area contributed by atoms with Crippen molar-refractivity contribution in [2.45, 2.75) is 5.75 Å². The zero-order valence-corrected chi connectivity index (χ0v) is 11.5. The second-order valence-electron chi connectivity index (χ2n) is 4.16. The van der Waals surface area contributed by atoms with E-state index in [4.69, 9.17) is 4.52 Å². The van der Waals surface area contributed by atoms with Gasteiger partial charge in [0.05, 0.1) is 11.4 Å². The lowest BCUT2D eigenvalue weighted by Crippen LogP contribution is -1.82. The molecule has 0 aliphatic heterocycles. The summed E-state index contributed by atoms with van der Waals surface area (Å²) in [6.45, 7) is 0. The first kappa shape index (κ1) is 12.7. The molecule has 3 rings (SSSR count). The third-order valence-corrected chi connectivity index (χ3v) is 3.26. The Bertz CT molecular complexity index is 705. The van der Waals surface area contributed by atoms with E-state index in [0.29, 0.717) is 23.2 Å². The molecule has 2 aromatic heterocycles. The fourth-order valence-corrected chi connectivity index (χ4v) is 2.14. The normalized spacial score (nSPS) is 10.8. The Hall–Kier alpha value is -2.28. The summed E-state index contributed by atoms with van der Waals surface area (Å²) in [5.74, 6) is 2.02. The van der Waals surface area contributed by atoms with Crippen molar-refractivity contribution in [3.05, 3.63) is 36.2 Å². The van der Waals surface area contributed by atoms with Gasteiger partial charge in [0.2, 0.25) is 0 Å². The number of H-pyrrole nitrogens is 1. The molecule has 0 bridgehead atoms. The Balaban J connectivity index is 1.87. The molecular weight excluding hydrogens is 276 g/mol. The number of aromatic nitrogens is 4. The molecule has 3 aromatic rings. The number of nitrogens with one attached hydrogen (secondary N) is 1. The molecule has 6 nitrogen and oxygen atoms in total. The second-order valence-corrected chi connectivity index (χ2v) is 5.03. The number of phenols is 1. The number of phenolic OH excluding ortho intramolecular Hbond substituents is 1. The number of hydrogen-bond donors (Lipinski definition) is 2. The van der Waals surface area contributed by atoms with E-state index >= 15 is 0 Å². The third-order valence-electron chi connectivity index (χ3n) is 2.71. The maximum absolute atomic E-state index is 9.28. The van der Waals surface area contributed by atoms with Crippen LogP contribution in [-0.2, 0) is 5.75 Å². The quantitative estimate of drug-likeness (QED) is 0.767. The molecule has 0 radical (unpaired) electrons. The fraction of sp³-hybridized carbons (Fsp3) is 0.154. The number of rotatable bonds is 4. The van der Waals surface area contributed by atoms with Crippen molar-refractivity contribution in [2.75, 3.05) is 6.26 Å². The molecule has 0 unspecified atom stereocenters. The van der Waals surface area contributed by atoms with Crippen LogP contribution in [0.4, 0.5) is 0 Å². The van der Waals surface area contributed by atoms with Gasteiger partial charge in [-0.15, -0.1) is 0 Å². The fourth-order valence-electron chi connectivity index (χ4n) is 1.76. The van der Waals surface area contributed by atoms with E-state index in [-0.39, 0.29) is 5.75 Å². The highest BCUT2D eigenvalue weighted by atomic mass is 32.2. The van der Waals surface area contributed by atoms with E-state index in [1.165, 1.54) is 0 Å². The first-order chi connectivity index (χ1) is 9.76. The number of hydrogen-bond acceptors (Lipinski definition) is 6. The molecule has 0 atom stereocenters. The molecule has 2 N–H and O–H groups in total. The van der Waals surface area contributed by atoms with E-state index in [1.807, 2.05) is 12.3 Å². The minimum Gasteiger partial charge on any atom is -0.508 e. The summed E-state index contributed by atoms with van der Waals surface area (Å²) < 4.78 is 5.19. The van der Waals surface area contributed by atoms with E-state index in [2.05, 4.69) is 20.3 Å². The molecule has 0 saturated carbocycles. The average Bonchev–Trinajstić information content (AvgIpc) is 3.08. The van der Waals surface area contributed by atoms with Crippen LogP contribution >= 0.6 is 11.8 Å². The second kappa shape index (κ2) is 5.38. The summed E-state index contributed by atoms with van der Waals surface area (Å²) in [4.78, 5) is 4.28. The summed E-state index contributed by atoms with van der Waals surface area (Å²) in [6, 6.07) is 8.66. The minimum atomic E-state index is 0.225. The van der Waals surface area contributed by atoms with Gasteiger partial charge in [-0.05, 0) is 36.6 Å². The Morgan fingerprint density at radius 3 is 2.85 bits per heavy atom. The van der Waals surface area contributed by atoms with E-state index in [0.717, 1.165) is 11.3 Å². The number of nitrogens with zero attached hydrogens (tertiary/aromatic N) is 3. The van der Waals surface area contributed by atoms with Crippen molar-refractivity contribution in [1.82, 2.24) is 20.3 Å². The number of aromatic amines is 1. The predicted octanol–water partition coefficient (Wildman–Crippen LogP) is 2.70. The van der Waals surface area contributed by atoms with Gasteiger partial charge in [0.1, 0.15) is 11.4 Å². The largest absolute Gasteiger partial charge is 0.508 e. The molecule has 20 heavy (non-hydrogen) atoms. The van der Waals surface area contributed by atoms with Crippen LogP contribution in [0.2, 0.25) is 0 Å². The summed E-state index contributed by atoms with van der Waals surface area (Å²) in [5, 5.41) is 20.2. The lowest BCUT2D eigenvalue weighted by molar-refractivity contribution is 0.424. The highest BCUT2D eigenvalue weighted by Crippen LogP contribution is 2.24. The van der Waals surface area contributed by atoms with Gasteiger partial charge >= 0.3 is 0 Å². The van der Waals surface area contributed by atoms with Crippen LogP contribution in [0.1, 0.15) is 5.82 Å². The monoisotopic (exact) mass is 288 g/mol. The molecule has 2 heterocycles. The molecule has 0 aliphatic rings. The zero-order valence-electron chi connectivity index (χ0n) is 10.7. The summed E-state index contributed by atoms with van der Waals surface area (Å²) in [6.07, 6.45) is 1.98. The summed E-state index contributed by atoms with van der Waals surface area (Å²) >= 11 is 1.63. The Morgan fingerprint density at radius 1 is 1.30 bits per heavy atom. The van der Waals surface area contributed by atoms with Crippen molar-refractivity contribution in [3.8, 4) is 28.6 Å². The maximum Gasteiger partial charge on any atom is 0.275 e. The van der Waals surface area contributed by atoms with Crippen molar-refractivity contribution < 1.29 is 9.63 Å². The zero-order chi connectivity index (χ0) is 13.9. The van der Waals surface area contributed by atoms with Crippen LogP contribution in [0, 0.1) is 0 Å². The van der Waals surface area contributed by atoms with Gasteiger partial charge in [-0.2, -0.15) is 21.8 Å². The van der Waals surface area contributed by atoms with Crippen LogP contribution in [0.25, 0.3) is 22.8 Å². The Labute approximate surface area is 119 Å². The molecule has 0 amide bonds. The summed E-state index contributed by atoms with van der Waals surface area (Å²) in [7, 11) is 0. The SMILES string of the molecule is CSCc1noc(-c2cc(-c3ccc(O)cc3)n[nH]2)n1. The Kier molecular flexibility index (Phi) is 3.42. The maximum atomic E-state index is 9.28. The van der Waals surface area contributed by atoms with Crippen molar-refractivity contribution in [2.24, 2.45) is 0 Å². The van der Waals surface area contributed by atoms with Gasteiger partial charge in [-0.3, -0.25) is 5.10 Å². The third kappa shape index (κ3) is 2.53. The molecule has 1 aromatic carbocycles. The first-order valence-electron chi connectivity index (χ1n) is 5.93. The molecule has 0 saturated heterocycles. The molecule has 102 valence electrons. The number of aromatic hydroxyl groups is 1. The molecule has 0 spiro atoms. The van der Waals surface area contributed by atoms with Crippen LogP contribution in [0.3, 0.4) is 0 Å². The lowest BCUT2D eigenvalue weighted by atomic mass is 10.1. The van der Waals surface area contributed by atoms with Crippen LogP contribution in [-0.4, -0.2) is 31.7 Å².